The summed E-state index contributed by atoms with van der Waals surface area (Å²) in [4.78, 5) is 23.2. The summed E-state index contributed by atoms with van der Waals surface area (Å²) in [6.07, 6.45) is 56.8. The molecule has 63 heavy (non-hydrogen) atoms. The van der Waals surface area contributed by atoms with Crippen LogP contribution >= 0.6 is 7.82 Å². The SMILES string of the molecule is C/C=C/CC/C=C/CC/C=C/CCCC(O)C(O)C(COP(=O)(O)OCC[N+](C)(C)C)NC(=O)CCCCCCCCCCCCCCCC/C=C\C/C=C\C/C=C\C/C=C\CC. The average Bonchev–Trinajstić information content (AvgIpc) is 3.24. The highest BCUT2D eigenvalue weighted by atomic mass is 31.2. The van der Waals surface area contributed by atoms with Gasteiger partial charge in [-0.15, -0.1) is 0 Å². The minimum atomic E-state index is -4.43. The average molecular weight is 904 g/mol. The van der Waals surface area contributed by atoms with Gasteiger partial charge < -0.3 is 24.9 Å². The van der Waals surface area contributed by atoms with Crippen LogP contribution in [0.4, 0.5) is 0 Å². The second-order valence-corrected chi connectivity index (χ2v) is 19.4. The number of nitrogens with one attached hydrogen (secondary N) is 1. The summed E-state index contributed by atoms with van der Waals surface area (Å²) in [5.41, 5.74) is 0. The smallest absolute Gasteiger partial charge is 0.390 e. The topological polar surface area (TPSA) is 125 Å². The number of hydrogen-bond acceptors (Lipinski definition) is 6. The molecule has 0 spiro atoms. The minimum absolute atomic E-state index is 0.00875. The maximum Gasteiger partial charge on any atom is 0.472 e. The van der Waals surface area contributed by atoms with E-state index in [4.69, 9.17) is 9.05 Å². The number of unbranched alkanes of at least 4 members (excludes halogenated alkanes) is 17. The Kier molecular flexibility index (Phi) is 41.9. The molecule has 4 unspecified atom stereocenters. The maximum atomic E-state index is 13.0. The van der Waals surface area contributed by atoms with Crippen LogP contribution in [-0.4, -0.2) is 84.6 Å². The lowest BCUT2D eigenvalue weighted by molar-refractivity contribution is -0.870. The largest absolute Gasteiger partial charge is 0.472 e. The monoisotopic (exact) mass is 904 g/mol. The van der Waals surface area contributed by atoms with E-state index in [0.29, 0.717) is 30.3 Å². The molecular formula is C53H96N2O7P+. The predicted octanol–water partition coefficient (Wildman–Crippen LogP) is 13.5. The first-order valence-corrected chi connectivity index (χ1v) is 26.5. The summed E-state index contributed by atoms with van der Waals surface area (Å²) in [7, 11) is 1.39. The highest BCUT2D eigenvalue weighted by Gasteiger charge is 2.31. The molecule has 0 aromatic carbocycles. The Labute approximate surface area is 387 Å². The lowest BCUT2D eigenvalue weighted by Crippen LogP contribution is -2.51. The third-order valence-electron chi connectivity index (χ3n) is 10.8. The summed E-state index contributed by atoms with van der Waals surface area (Å²) in [5, 5.41) is 24.7. The van der Waals surface area contributed by atoms with Crippen molar-refractivity contribution in [3.05, 3.63) is 85.1 Å². The summed E-state index contributed by atoms with van der Waals surface area (Å²) in [6.45, 7) is 4.23. The molecule has 10 heteroatoms. The third-order valence-corrected chi connectivity index (χ3v) is 11.8. The van der Waals surface area contributed by atoms with Crippen molar-refractivity contribution in [3.8, 4) is 0 Å². The molecule has 0 aliphatic rings. The molecule has 0 radical (unpaired) electrons. The number of aliphatic hydroxyl groups excluding tert-OH is 2. The standard InChI is InChI=1S/C53H95N2O7P/c1-6-8-10-12-14-16-18-20-21-22-23-24-25-26-27-28-29-30-31-32-33-34-36-38-40-42-44-46-52(57)54-50(49-62-63(59,60)61-48-47-55(3,4)5)53(58)51(56)45-43-41-39-37-35-19-17-15-13-11-9-7-2/h7-10,14-17,20-21,23-24,37,39,50-51,53,56,58H,6,11-13,18-19,22,25-36,38,40-49H2,1-5H3,(H-,54,57,59,60)/p+1/b9-7+,10-8-,16-14-,17-15+,21-20-,24-23-,39-37+. The fraction of sp³-hybridized carbons (Fsp3) is 0.717. The van der Waals surface area contributed by atoms with Gasteiger partial charge in [0.15, 0.2) is 0 Å². The number of nitrogens with zero attached hydrogens (tertiary/aromatic N) is 1. The molecule has 0 rings (SSSR count). The molecule has 4 atom stereocenters. The first kappa shape index (κ1) is 60.6. The van der Waals surface area contributed by atoms with E-state index in [9.17, 15) is 24.5 Å². The van der Waals surface area contributed by atoms with Crippen LogP contribution in [0.25, 0.3) is 0 Å². The fourth-order valence-electron chi connectivity index (χ4n) is 6.82. The molecule has 0 bridgehead atoms. The van der Waals surface area contributed by atoms with Gasteiger partial charge in [-0.1, -0.05) is 169 Å². The van der Waals surface area contributed by atoms with Gasteiger partial charge in [0.2, 0.25) is 5.91 Å². The minimum Gasteiger partial charge on any atom is -0.390 e. The molecular weight excluding hydrogens is 808 g/mol. The summed E-state index contributed by atoms with van der Waals surface area (Å²) in [5.74, 6) is -0.279. The van der Waals surface area contributed by atoms with Crippen LogP contribution in [0.5, 0.6) is 0 Å². The van der Waals surface area contributed by atoms with E-state index >= 15 is 0 Å². The highest BCUT2D eigenvalue weighted by molar-refractivity contribution is 7.47. The zero-order valence-electron chi connectivity index (χ0n) is 40.9. The Morgan fingerprint density at radius 1 is 0.587 bits per heavy atom. The van der Waals surface area contributed by atoms with Crippen molar-refractivity contribution < 1.29 is 38.0 Å². The lowest BCUT2D eigenvalue weighted by Gasteiger charge is -2.28. The number of amides is 1. The van der Waals surface area contributed by atoms with Crippen molar-refractivity contribution in [1.82, 2.24) is 5.32 Å². The Morgan fingerprint density at radius 2 is 1.02 bits per heavy atom. The normalized spacial score (nSPS) is 15.4. The number of phosphoric ester groups is 1. The number of rotatable bonds is 44. The number of carbonyl (C=O) groups is 1. The van der Waals surface area contributed by atoms with E-state index < -0.39 is 32.7 Å². The van der Waals surface area contributed by atoms with Gasteiger partial charge in [0.05, 0.1) is 39.9 Å². The zero-order chi connectivity index (χ0) is 46.5. The third kappa shape index (κ3) is 44.6. The van der Waals surface area contributed by atoms with Gasteiger partial charge in [-0.3, -0.25) is 13.8 Å². The van der Waals surface area contributed by atoms with Crippen molar-refractivity contribution in [1.29, 1.82) is 0 Å². The van der Waals surface area contributed by atoms with Crippen LogP contribution in [-0.2, 0) is 18.4 Å². The second-order valence-electron chi connectivity index (χ2n) is 17.9. The second kappa shape index (κ2) is 43.5. The maximum absolute atomic E-state index is 13.0. The van der Waals surface area contributed by atoms with Gasteiger partial charge >= 0.3 is 7.82 Å². The Hall–Kier alpha value is -2.36. The summed E-state index contributed by atoms with van der Waals surface area (Å²) in [6, 6.07) is -1.06. The molecule has 0 aromatic rings. The first-order valence-electron chi connectivity index (χ1n) is 25.0. The highest BCUT2D eigenvalue weighted by Crippen LogP contribution is 2.43. The Balaban J connectivity index is 4.29. The molecule has 0 fully saturated rings. The van der Waals surface area contributed by atoms with E-state index in [0.717, 1.165) is 77.0 Å². The first-order chi connectivity index (χ1) is 30.4. The predicted molar refractivity (Wildman–Crippen MR) is 269 cm³/mol. The van der Waals surface area contributed by atoms with Crippen molar-refractivity contribution in [2.45, 2.75) is 205 Å². The number of likely N-dealkylation sites (N-methyl/N-ethyl adjacent to an activating group) is 1. The molecule has 0 saturated carbocycles. The van der Waals surface area contributed by atoms with E-state index in [1.807, 2.05) is 28.1 Å². The molecule has 4 N–H and O–H groups in total. The van der Waals surface area contributed by atoms with E-state index in [-0.39, 0.29) is 18.9 Å². The van der Waals surface area contributed by atoms with Gasteiger partial charge in [-0.25, -0.2) is 4.57 Å². The number of aliphatic hydroxyl groups is 2. The Bertz CT molecular complexity index is 1320. The fourth-order valence-corrected chi connectivity index (χ4v) is 7.56. The number of carbonyl (C=O) groups excluding carboxylic acids is 1. The van der Waals surface area contributed by atoms with Gasteiger partial charge in [-0.05, 0) is 96.8 Å². The van der Waals surface area contributed by atoms with Crippen LogP contribution < -0.4 is 5.32 Å². The van der Waals surface area contributed by atoms with Gasteiger partial charge in [0, 0.05) is 6.42 Å². The zero-order valence-corrected chi connectivity index (χ0v) is 41.8. The summed E-state index contributed by atoms with van der Waals surface area (Å²) < 4.78 is 23.5. The lowest BCUT2D eigenvalue weighted by atomic mass is 10.0. The molecule has 364 valence electrons. The van der Waals surface area contributed by atoms with Crippen molar-refractivity contribution in [2.75, 3.05) is 40.9 Å². The number of quaternary nitrogens is 1. The van der Waals surface area contributed by atoms with Crippen molar-refractivity contribution >= 4 is 13.7 Å². The van der Waals surface area contributed by atoms with E-state index in [1.54, 1.807) is 0 Å². The molecule has 0 aliphatic heterocycles. The molecule has 1 amide bonds. The number of phosphoric acid groups is 1. The van der Waals surface area contributed by atoms with E-state index in [1.165, 1.54) is 70.6 Å². The van der Waals surface area contributed by atoms with Gasteiger partial charge in [-0.2, -0.15) is 0 Å². The molecule has 9 nitrogen and oxygen atoms in total. The molecule has 0 aliphatic carbocycles. The number of hydrogen-bond donors (Lipinski definition) is 4. The molecule has 0 aromatic heterocycles. The molecule has 0 heterocycles. The van der Waals surface area contributed by atoms with Crippen LogP contribution in [0.2, 0.25) is 0 Å². The van der Waals surface area contributed by atoms with E-state index in [2.05, 4.69) is 97.3 Å². The summed E-state index contributed by atoms with van der Waals surface area (Å²) >= 11 is 0. The van der Waals surface area contributed by atoms with Crippen LogP contribution in [0.15, 0.2) is 85.1 Å². The van der Waals surface area contributed by atoms with Crippen LogP contribution in [0.1, 0.15) is 187 Å². The molecule has 0 saturated heterocycles. The quantitative estimate of drug-likeness (QED) is 0.0208. The van der Waals surface area contributed by atoms with Crippen LogP contribution in [0.3, 0.4) is 0 Å². The van der Waals surface area contributed by atoms with Gasteiger partial charge in [0.25, 0.3) is 0 Å². The van der Waals surface area contributed by atoms with Crippen molar-refractivity contribution in [2.24, 2.45) is 0 Å². The number of allylic oxidation sites excluding steroid dienone is 14. The Morgan fingerprint density at radius 3 is 1.52 bits per heavy atom. The van der Waals surface area contributed by atoms with Crippen molar-refractivity contribution in [3.63, 3.8) is 0 Å². The van der Waals surface area contributed by atoms with Crippen LogP contribution in [0, 0.1) is 0 Å². The van der Waals surface area contributed by atoms with Gasteiger partial charge in [0.1, 0.15) is 19.3 Å².